The molecule has 4 rings (SSSR count). The number of ether oxygens (including phenoxy) is 1. The summed E-state index contributed by atoms with van der Waals surface area (Å²) in [6, 6.07) is 0. The molecule has 214 valence electrons. The van der Waals surface area contributed by atoms with Crippen LogP contribution in [0.15, 0.2) is 0 Å². The summed E-state index contributed by atoms with van der Waals surface area (Å²) >= 11 is 0. The standard InChI is InChI=1S/C27H34F6O5/c1-13(4-7-19(35)38-23(26(28,29)30)27(31,32)33)15-5-6-16-20-17(9-11-24(15,16)2)25(3)10-8-14(34)12-18(25)21(36)22(20)37/h13,15-18,20,23H,4-12H2,1-3H3/t13-,15-,16+,17+,18+,20+,24-,25-/m1/s1. The fraction of sp³-hybridized carbons (Fsp3) is 0.852. The molecule has 0 aromatic rings. The first-order valence-electron chi connectivity index (χ1n) is 13.3. The summed E-state index contributed by atoms with van der Waals surface area (Å²) in [5, 5.41) is 0. The lowest BCUT2D eigenvalue weighted by Gasteiger charge is -2.58. The van der Waals surface area contributed by atoms with Gasteiger partial charge in [0.2, 0.25) is 11.6 Å². The van der Waals surface area contributed by atoms with Crippen molar-refractivity contribution in [2.75, 3.05) is 0 Å². The lowest BCUT2D eigenvalue weighted by Crippen LogP contribution is -2.61. The summed E-state index contributed by atoms with van der Waals surface area (Å²) in [4.78, 5) is 50.6. The lowest BCUT2D eigenvalue weighted by molar-refractivity contribution is -0.313. The van der Waals surface area contributed by atoms with Gasteiger partial charge < -0.3 is 4.74 Å². The van der Waals surface area contributed by atoms with Crippen LogP contribution in [-0.4, -0.2) is 41.8 Å². The van der Waals surface area contributed by atoms with E-state index in [1.807, 2.05) is 13.8 Å². The first-order valence-corrected chi connectivity index (χ1v) is 13.3. The summed E-state index contributed by atoms with van der Waals surface area (Å²) in [5.41, 5.74) is -0.763. The van der Waals surface area contributed by atoms with Crippen LogP contribution >= 0.6 is 0 Å². The number of carbonyl (C=O) groups is 4. The maximum absolute atomic E-state index is 13.4. The van der Waals surface area contributed by atoms with Gasteiger partial charge in [0.1, 0.15) is 5.78 Å². The zero-order valence-electron chi connectivity index (χ0n) is 21.7. The third-order valence-electron chi connectivity index (χ3n) is 10.6. The zero-order valence-corrected chi connectivity index (χ0v) is 21.7. The van der Waals surface area contributed by atoms with Gasteiger partial charge >= 0.3 is 18.3 Å². The number of rotatable bonds is 5. The molecule has 0 aliphatic heterocycles. The molecule has 0 saturated heterocycles. The fourth-order valence-corrected chi connectivity index (χ4v) is 8.59. The normalized spacial score (nSPS) is 38.5. The largest absolute Gasteiger partial charge is 0.443 e. The monoisotopic (exact) mass is 552 g/mol. The Morgan fingerprint density at radius 1 is 0.921 bits per heavy atom. The predicted octanol–water partition coefficient (Wildman–Crippen LogP) is 6.03. The van der Waals surface area contributed by atoms with Crippen molar-refractivity contribution < 1.29 is 50.3 Å². The number of ketones is 3. The molecule has 4 aliphatic carbocycles. The van der Waals surface area contributed by atoms with Gasteiger partial charge in [0, 0.05) is 31.1 Å². The number of Topliss-reactive ketones (excluding diaryl/α,β-unsaturated/α-hetero) is 3. The number of hydrogen-bond acceptors (Lipinski definition) is 5. The van der Waals surface area contributed by atoms with E-state index in [2.05, 4.69) is 11.7 Å². The lowest BCUT2D eigenvalue weighted by atomic mass is 9.44. The maximum atomic E-state index is 13.4. The molecular weight excluding hydrogens is 518 g/mol. The van der Waals surface area contributed by atoms with Crippen LogP contribution in [0.25, 0.3) is 0 Å². The Kier molecular flexibility index (Phi) is 7.35. The number of halogens is 6. The second-order valence-electron chi connectivity index (χ2n) is 12.5. The zero-order chi connectivity index (χ0) is 28.4. The van der Waals surface area contributed by atoms with E-state index in [0.29, 0.717) is 32.1 Å². The minimum Gasteiger partial charge on any atom is -0.443 e. The van der Waals surface area contributed by atoms with Crippen LogP contribution in [0.5, 0.6) is 0 Å². The average Bonchev–Trinajstić information content (AvgIpc) is 3.16. The van der Waals surface area contributed by atoms with Gasteiger partial charge in [-0.15, -0.1) is 0 Å². The molecule has 0 aromatic carbocycles. The maximum Gasteiger partial charge on any atom is 0.434 e. The number of fused-ring (bicyclic) bond motifs is 5. The summed E-state index contributed by atoms with van der Waals surface area (Å²) < 4.78 is 80.2. The summed E-state index contributed by atoms with van der Waals surface area (Å²) in [7, 11) is 0. The average molecular weight is 553 g/mol. The van der Waals surface area contributed by atoms with Crippen molar-refractivity contribution in [1.29, 1.82) is 0 Å². The highest BCUT2D eigenvalue weighted by Crippen LogP contribution is 2.67. The summed E-state index contributed by atoms with van der Waals surface area (Å²) in [6.07, 6.45) is -12.3. The van der Waals surface area contributed by atoms with Crippen molar-refractivity contribution in [1.82, 2.24) is 0 Å². The third kappa shape index (κ3) is 4.80. The Bertz CT molecular complexity index is 991. The second kappa shape index (κ2) is 9.61. The quantitative estimate of drug-likeness (QED) is 0.237. The van der Waals surface area contributed by atoms with Crippen molar-refractivity contribution in [2.24, 2.45) is 46.3 Å². The van der Waals surface area contributed by atoms with Gasteiger partial charge in [0.15, 0.2) is 0 Å². The Hall–Kier alpha value is -1.94. The van der Waals surface area contributed by atoms with E-state index in [-0.39, 0.29) is 47.7 Å². The van der Waals surface area contributed by atoms with Crippen LogP contribution in [0.4, 0.5) is 26.3 Å². The summed E-state index contributed by atoms with van der Waals surface area (Å²) in [5.74, 6) is -3.71. The van der Waals surface area contributed by atoms with Gasteiger partial charge in [-0.05, 0) is 73.0 Å². The molecule has 0 bridgehead atoms. The van der Waals surface area contributed by atoms with Crippen molar-refractivity contribution in [2.45, 2.75) is 97.0 Å². The molecule has 11 heteroatoms. The van der Waals surface area contributed by atoms with Crippen LogP contribution in [0, 0.1) is 46.3 Å². The van der Waals surface area contributed by atoms with Crippen molar-refractivity contribution in [3.05, 3.63) is 0 Å². The Morgan fingerprint density at radius 2 is 1.53 bits per heavy atom. The molecule has 4 aliphatic rings. The highest BCUT2D eigenvalue weighted by atomic mass is 19.4. The number of carbonyl (C=O) groups excluding carboxylic acids is 4. The third-order valence-corrected chi connectivity index (χ3v) is 10.6. The molecule has 8 atom stereocenters. The van der Waals surface area contributed by atoms with Crippen LogP contribution < -0.4 is 0 Å². The van der Waals surface area contributed by atoms with E-state index < -0.39 is 59.7 Å². The molecule has 0 amide bonds. The Balaban J connectivity index is 1.45. The number of alkyl halides is 6. The first-order chi connectivity index (χ1) is 17.4. The van der Waals surface area contributed by atoms with Crippen LogP contribution in [-0.2, 0) is 23.9 Å². The van der Waals surface area contributed by atoms with E-state index in [9.17, 15) is 45.5 Å². The smallest absolute Gasteiger partial charge is 0.434 e. The van der Waals surface area contributed by atoms with E-state index in [0.717, 1.165) is 6.42 Å². The molecular formula is C27H34F6O5. The second-order valence-corrected chi connectivity index (χ2v) is 12.5. The highest BCUT2D eigenvalue weighted by Gasteiger charge is 2.65. The molecule has 4 saturated carbocycles. The molecule has 0 N–H and O–H groups in total. The fourth-order valence-electron chi connectivity index (χ4n) is 8.59. The van der Waals surface area contributed by atoms with E-state index in [1.54, 1.807) is 0 Å². The minimum absolute atomic E-state index is 0.00502. The van der Waals surface area contributed by atoms with Crippen molar-refractivity contribution in [3.63, 3.8) is 0 Å². The van der Waals surface area contributed by atoms with Crippen molar-refractivity contribution in [3.8, 4) is 0 Å². The Morgan fingerprint density at radius 3 is 2.13 bits per heavy atom. The minimum atomic E-state index is -5.75. The van der Waals surface area contributed by atoms with Gasteiger partial charge in [0.05, 0.1) is 0 Å². The van der Waals surface area contributed by atoms with Crippen LogP contribution in [0.3, 0.4) is 0 Å². The molecule has 38 heavy (non-hydrogen) atoms. The molecule has 5 nitrogen and oxygen atoms in total. The molecule has 0 spiro atoms. The van der Waals surface area contributed by atoms with Crippen LogP contribution in [0.2, 0.25) is 0 Å². The summed E-state index contributed by atoms with van der Waals surface area (Å²) in [6.45, 7) is 5.91. The molecule has 0 radical (unpaired) electrons. The Labute approximate surface area is 217 Å². The predicted molar refractivity (Wildman–Crippen MR) is 121 cm³/mol. The number of hydrogen-bond donors (Lipinski definition) is 0. The van der Waals surface area contributed by atoms with E-state index in [1.165, 1.54) is 0 Å². The molecule has 0 aromatic heterocycles. The van der Waals surface area contributed by atoms with E-state index >= 15 is 0 Å². The molecule has 0 heterocycles. The van der Waals surface area contributed by atoms with Gasteiger partial charge in [-0.2, -0.15) is 26.3 Å². The molecule has 4 fully saturated rings. The number of esters is 1. The SMILES string of the molecule is C[C@H](CCC(=O)OC(C(F)(F)F)C(F)(F)F)[C@H]1CC[C@H]2[C@@H]3C(=O)C(=O)[C@@H]4CC(=O)CC[C@]4(C)[C@H]3CC[C@]12C. The molecule has 0 unspecified atom stereocenters. The van der Waals surface area contributed by atoms with Gasteiger partial charge in [-0.3, -0.25) is 19.2 Å². The topological polar surface area (TPSA) is 77.5 Å². The van der Waals surface area contributed by atoms with E-state index in [4.69, 9.17) is 0 Å². The van der Waals surface area contributed by atoms with Gasteiger partial charge in [-0.25, -0.2) is 0 Å². The van der Waals surface area contributed by atoms with Crippen molar-refractivity contribution >= 4 is 23.3 Å². The first kappa shape index (κ1) is 29.1. The van der Waals surface area contributed by atoms with Crippen LogP contribution in [0.1, 0.15) is 78.6 Å². The van der Waals surface area contributed by atoms with Gasteiger partial charge in [-0.1, -0.05) is 20.8 Å². The highest BCUT2D eigenvalue weighted by molar-refractivity contribution is 6.40. The van der Waals surface area contributed by atoms with Gasteiger partial charge in [0.25, 0.3) is 6.10 Å².